The lowest BCUT2D eigenvalue weighted by Gasteiger charge is -2.07. The van der Waals surface area contributed by atoms with Gasteiger partial charge in [-0.15, -0.1) is 20.4 Å². The number of benzene rings is 1. The molecule has 3 rings (SSSR count). The van der Waals surface area contributed by atoms with Crippen molar-refractivity contribution in [1.82, 2.24) is 20.4 Å². The van der Waals surface area contributed by atoms with Gasteiger partial charge in [0, 0.05) is 0 Å². The van der Waals surface area contributed by atoms with Gasteiger partial charge < -0.3 is 20.9 Å². The molecule has 0 bridgehead atoms. The largest absolute Gasteiger partial charge is 0.460 e. The maximum Gasteiger partial charge on any atom is 0.316 e. The molecular weight excluding hydrogens is 468 g/mol. The maximum atomic E-state index is 11.8. The smallest absolute Gasteiger partial charge is 0.316 e. The zero-order valence-corrected chi connectivity index (χ0v) is 18.6. The van der Waals surface area contributed by atoms with Crippen LogP contribution in [0.2, 0.25) is 0 Å². The SMILES string of the molecule is Nc1nnc(SCC(=O)OCc2ccc(COC(=O)CSc3nnc(N)s3)cc2)s1. The summed E-state index contributed by atoms with van der Waals surface area (Å²) in [5.74, 6) is -0.461. The molecule has 0 saturated heterocycles. The first-order valence-corrected chi connectivity index (χ1v) is 11.9. The van der Waals surface area contributed by atoms with Crippen LogP contribution in [0.5, 0.6) is 0 Å². The van der Waals surface area contributed by atoms with Crippen molar-refractivity contribution < 1.29 is 19.1 Å². The minimum absolute atomic E-state index is 0.129. The first kappa shape index (κ1) is 22.3. The zero-order chi connectivity index (χ0) is 21.3. The van der Waals surface area contributed by atoms with Crippen molar-refractivity contribution in [1.29, 1.82) is 0 Å². The number of hydrogen-bond donors (Lipinski definition) is 2. The van der Waals surface area contributed by atoms with Crippen LogP contribution < -0.4 is 11.5 Å². The Bertz CT molecular complexity index is 915. The highest BCUT2D eigenvalue weighted by Gasteiger charge is 2.10. The van der Waals surface area contributed by atoms with Crippen LogP contribution in [-0.2, 0) is 32.3 Å². The predicted octanol–water partition coefficient (Wildman–Crippen LogP) is 2.23. The fourth-order valence-electron chi connectivity index (χ4n) is 1.94. The summed E-state index contributed by atoms with van der Waals surface area (Å²) in [5.41, 5.74) is 12.6. The summed E-state index contributed by atoms with van der Waals surface area (Å²) in [7, 11) is 0. The van der Waals surface area contributed by atoms with Gasteiger partial charge in [0.2, 0.25) is 10.3 Å². The molecule has 0 fully saturated rings. The Morgan fingerprint density at radius 3 is 1.50 bits per heavy atom. The first-order valence-electron chi connectivity index (χ1n) is 8.30. The van der Waals surface area contributed by atoms with Gasteiger partial charge in [0.1, 0.15) is 13.2 Å². The van der Waals surface area contributed by atoms with E-state index in [0.717, 1.165) is 11.1 Å². The summed E-state index contributed by atoms with van der Waals surface area (Å²) in [4.78, 5) is 23.6. The molecule has 0 aliphatic rings. The molecule has 4 N–H and O–H groups in total. The summed E-state index contributed by atoms with van der Waals surface area (Å²) in [6, 6.07) is 7.25. The van der Waals surface area contributed by atoms with Crippen molar-refractivity contribution >= 4 is 68.4 Å². The van der Waals surface area contributed by atoms with Gasteiger partial charge in [0.25, 0.3) is 0 Å². The molecular formula is C16H16N6O4S4. The predicted molar refractivity (Wildman–Crippen MR) is 116 cm³/mol. The van der Waals surface area contributed by atoms with E-state index >= 15 is 0 Å². The van der Waals surface area contributed by atoms with E-state index in [1.165, 1.54) is 46.2 Å². The van der Waals surface area contributed by atoms with Gasteiger partial charge in [-0.05, 0) is 11.1 Å². The quantitative estimate of drug-likeness (QED) is 0.320. The third kappa shape index (κ3) is 7.44. The van der Waals surface area contributed by atoms with E-state index in [0.29, 0.717) is 18.9 Å². The van der Waals surface area contributed by atoms with Crippen molar-refractivity contribution in [2.24, 2.45) is 0 Å². The lowest BCUT2D eigenvalue weighted by atomic mass is 10.1. The molecule has 2 aromatic heterocycles. The fourth-order valence-corrected chi connectivity index (χ4v) is 4.81. The molecule has 3 aromatic rings. The molecule has 158 valence electrons. The number of thioether (sulfide) groups is 2. The molecule has 0 unspecified atom stereocenters. The number of anilines is 2. The van der Waals surface area contributed by atoms with Crippen LogP contribution in [0.4, 0.5) is 10.3 Å². The van der Waals surface area contributed by atoms with Crippen LogP contribution in [0.15, 0.2) is 32.9 Å². The van der Waals surface area contributed by atoms with E-state index in [1.807, 2.05) is 24.3 Å². The summed E-state index contributed by atoms with van der Waals surface area (Å²) >= 11 is 4.89. The van der Waals surface area contributed by atoms with Crippen molar-refractivity contribution in [2.45, 2.75) is 21.9 Å². The summed E-state index contributed by atoms with van der Waals surface area (Å²) in [6.07, 6.45) is 0. The van der Waals surface area contributed by atoms with Crippen LogP contribution in [0.3, 0.4) is 0 Å². The first-order chi connectivity index (χ1) is 14.5. The van der Waals surface area contributed by atoms with Crippen molar-refractivity contribution in [3.8, 4) is 0 Å². The van der Waals surface area contributed by atoms with E-state index in [1.54, 1.807) is 0 Å². The highest BCUT2D eigenvalue weighted by atomic mass is 32.2. The average molecular weight is 485 g/mol. The molecule has 1 aromatic carbocycles. The van der Waals surface area contributed by atoms with Gasteiger partial charge in [-0.2, -0.15) is 0 Å². The Labute approximate surface area is 187 Å². The van der Waals surface area contributed by atoms with Gasteiger partial charge in [0.05, 0.1) is 11.5 Å². The Morgan fingerprint density at radius 1 is 0.767 bits per heavy atom. The van der Waals surface area contributed by atoms with Crippen LogP contribution in [0.1, 0.15) is 11.1 Å². The van der Waals surface area contributed by atoms with Gasteiger partial charge in [0.15, 0.2) is 8.68 Å². The minimum Gasteiger partial charge on any atom is -0.460 e. The Kier molecular flexibility index (Phi) is 8.24. The maximum absolute atomic E-state index is 11.8. The standard InChI is InChI=1S/C16H16N6O4S4/c17-13-19-21-15(29-13)27-7-11(23)25-5-9-1-2-10(4-3-9)6-26-12(24)8-28-16-22-20-14(18)30-16/h1-4H,5-8H2,(H2,17,19)(H2,18,20). The van der Waals surface area contributed by atoms with E-state index in [2.05, 4.69) is 20.4 Å². The van der Waals surface area contributed by atoms with E-state index < -0.39 is 0 Å². The molecule has 10 nitrogen and oxygen atoms in total. The van der Waals surface area contributed by atoms with Crippen LogP contribution in [0.25, 0.3) is 0 Å². The normalized spacial score (nSPS) is 10.7. The number of rotatable bonds is 10. The van der Waals surface area contributed by atoms with E-state index in [9.17, 15) is 9.59 Å². The highest BCUT2D eigenvalue weighted by Crippen LogP contribution is 2.24. The molecule has 0 aliphatic heterocycles. The fraction of sp³-hybridized carbons (Fsp3) is 0.250. The molecule has 0 spiro atoms. The zero-order valence-electron chi connectivity index (χ0n) is 15.3. The summed E-state index contributed by atoms with van der Waals surface area (Å²) in [6.45, 7) is 0.304. The molecule has 14 heteroatoms. The van der Waals surface area contributed by atoms with E-state index in [4.69, 9.17) is 20.9 Å². The van der Waals surface area contributed by atoms with E-state index in [-0.39, 0.29) is 36.7 Å². The van der Waals surface area contributed by atoms with Crippen LogP contribution in [-0.4, -0.2) is 43.8 Å². The highest BCUT2D eigenvalue weighted by molar-refractivity contribution is 8.01. The topological polar surface area (TPSA) is 156 Å². The van der Waals surface area contributed by atoms with Gasteiger partial charge in [-0.1, -0.05) is 70.5 Å². The minimum atomic E-state index is -0.360. The molecule has 2 heterocycles. The Balaban J connectivity index is 1.33. The lowest BCUT2D eigenvalue weighted by molar-refractivity contribution is -0.142. The number of ether oxygens (including phenoxy) is 2. The van der Waals surface area contributed by atoms with Gasteiger partial charge in [-0.3, -0.25) is 9.59 Å². The third-order valence-electron chi connectivity index (χ3n) is 3.29. The third-order valence-corrected chi connectivity index (χ3v) is 7.01. The number of esters is 2. The second-order valence-corrected chi connectivity index (χ2v) is 9.99. The second-order valence-electron chi connectivity index (χ2n) is 5.53. The number of nitrogens with two attached hydrogens (primary N) is 2. The number of carbonyl (C=O) groups is 2. The number of nitrogens with zero attached hydrogens (tertiary/aromatic N) is 4. The van der Waals surface area contributed by atoms with Gasteiger partial charge in [-0.25, -0.2) is 0 Å². The number of hydrogen-bond acceptors (Lipinski definition) is 14. The molecule has 30 heavy (non-hydrogen) atoms. The molecule has 0 aliphatic carbocycles. The Morgan fingerprint density at radius 2 is 1.17 bits per heavy atom. The number of carbonyl (C=O) groups excluding carboxylic acids is 2. The molecule has 0 atom stereocenters. The lowest BCUT2D eigenvalue weighted by Crippen LogP contribution is -2.08. The van der Waals surface area contributed by atoms with Crippen LogP contribution >= 0.6 is 46.2 Å². The second kappa shape index (κ2) is 11.1. The van der Waals surface area contributed by atoms with Gasteiger partial charge >= 0.3 is 11.9 Å². The van der Waals surface area contributed by atoms with Crippen LogP contribution in [0, 0.1) is 0 Å². The average Bonchev–Trinajstić information content (AvgIpc) is 3.36. The summed E-state index contributed by atoms with van der Waals surface area (Å²) < 4.78 is 11.7. The summed E-state index contributed by atoms with van der Waals surface area (Å²) in [5, 5.41) is 15.7. The van der Waals surface area contributed by atoms with Crippen molar-refractivity contribution in [3.63, 3.8) is 0 Å². The number of nitrogen functional groups attached to an aromatic ring is 2. The Hall–Kier alpha value is -2.42. The molecule has 0 radical (unpaired) electrons. The monoisotopic (exact) mass is 484 g/mol. The number of aromatic nitrogens is 4. The molecule has 0 saturated carbocycles. The van der Waals surface area contributed by atoms with Crippen molar-refractivity contribution in [2.75, 3.05) is 23.0 Å². The molecule has 0 amide bonds. The van der Waals surface area contributed by atoms with Crippen molar-refractivity contribution in [3.05, 3.63) is 35.4 Å².